The lowest BCUT2D eigenvalue weighted by atomic mass is 9.88. The number of piperazine rings is 1. The molecule has 1 aliphatic heterocycles. The topological polar surface area (TPSA) is 65.5 Å². The van der Waals surface area contributed by atoms with Crippen LogP contribution in [0.5, 0.6) is 0 Å². The Morgan fingerprint density at radius 1 is 1.13 bits per heavy atom. The Bertz CT molecular complexity index is 560. The lowest BCUT2D eigenvalue weighted by molar-refractivity contribution is -0.137. The van der Waals surface area contributed by atoms with E-state index >= 15 is 0 Å². The van der Waals surface area contributed by atoms with Gasteiger partial charge in [-0.2, -0.15) is 0 Å². The summed E-state index contributed by atoms with van der Waals surface area (Å²) in [7, 11) is 0. The van der Waals surface area contributed by atoms with E-state index < -0.39 is 0 Å². The summed E-state index contributed by atoms with van der Waals surface area (Å²) in [6.45, 7) is 4.37. The summed E-state index contributed by atoms with van der Waals surface area (Å²) in [5.74, 6) is 0.503. The molecule has 0 aromatic carbocycles. The van der Waals surface area contributed by atoms with Gasteiger partial charge in [0.2, 0.25) is 5.91 Å². The number of urea groups is 1. The molecule has 1 saturated carbocycles. The normalized spacial score (nSPS) is 19.7. The number of nitrogens with one attached hydrogen (secondary N) is 1. The van der Waals surface area contributed by atoms with Crippen LogP contribution in [-0.2, 0) is 4.79 Å². The molecule has 0 spiro atoms. The van der Waals surface area contributed by atoms with Gasteiger partial charge in [-0.25, -0.2) is 9.78 Å². The van der Waals surface area contributed by atoms with Crippen LogP contribution < -0.4 is 5.32 Å². The van der Waals surface area contributed by atoms with Crippen LogP contribution in [0.3, 0.4) is 0 Å². The van der Waals surface area contributed by atoms with Gasteiger partial charge in [-0.3, -0.25) is 10.1 Å². The zero-order valence-electron chi connectivity index (χ0n) is 13.6. The smallest absolute Gasteiger partial charge is 0.323 e. The quantitative estimate of drug-likeness (QED) is 0.903. The molecule has 1 aromatic heterocycles. The number of anilines is 1. The van der Waals surface area contributed by atoms with E-state index in [2.05, 4.69) is 10.3 Å². The lowest BCUT2D eigenvalue weighted by Gasteiger charge is -2.37. The van der Waals surface area contributed by atoms with E-state index in [0.717, 1.165) is 18.5 Å². The fourth-order valence-electron chi connectivity index (χ4n) is 3.32. The predicted octanol–water partition coefficient (Wildman–Crippen LogP) is 2.71. The van der Waals surface area contributed by atoms with Crippen LogP contribution in [0.15, 0.2) is 5.38 Å². The molecule has 1 saturated heterocycles. The molecule has 2 aliphatic rings. The maximum absolute atomic E-state index is 12.5. The minimum absolute atomic E-state index is 0.121. The molecule has 0 atom stereocenters. The summed E-state index contributed by atoms with van der Waals surface area (Å²) < 4.78 is 0. The van der Waals surface area contributed by atoms with Gasteiger partial charge >= 0.3 is 6.03 Å². The molecule has 0 radical (unpaired) electrons. The summed E-state index contributed by atoms with van der Waals surface area (Å²) in [6.07, 6.45) is 5.66. The highest BCUT2D eigenvalue weighted by molar-refractivity contribution is 7.13. The van der Waals surface area contributed by atoms with Gasteiger partial charge in [0.1, 0.15) is 0 Å². The summed E-state index contributed by atoms with van der Waals surface area (Å²) in [6, 6.07) is -0.121. The van der Waals surface area contributed by atoms with Crippen LogP contribution in [0.2, 0.25) is 0 Å². The van der Waals surface area contributed by atoms with Gasteiger partial charge in [0, 0.05) is 37.5 Å². The Labute approximate surface area is 140 Å². The molecule has 126 valence electrons. The van der Waals surface area contributed by atoms with E-state index in [0.29, 0.717) is 37.2 Å². The number of aryl methyl sites for hydroxylation is 1. The van der Waals surface area contributed by atoms with Gasteiger partial charge < -0.3 is 9.80 Å². The Morgan fingerprint density at radius 3 is 2.39 bits per heavy atom. The van der Waals surface area contributed by atoms with Gasteiger partial charge in [-0.15, -0.1) is 11.3 Å². The zero-order valence-corrected chi connectivity index (χ0v) is 14.4. The molecule has 23 heavy (non-hydrogen) atoms. The average Bonchev–Trinajstić information content (AvgIpc) is 3.00. The van der Waals surface area contributed by atoms with E-state index in [1.165, 1.54) is 30.6 Å². The first-order valence-corrected chi connectivity index (χ1v) is 9.28. The second-order valence-corrected chi connectivity index (χ2v) is 7.23. The number of rotatable bonds is 2. The minimum Gasteiger partial charge on any atom is -0.339 e. The average molecular weight is 336 g/mol. The molecule has 3 amide bonds. The molecule has 7 heteroatoms. The third-order valence-electron chi connectivity index (χ3n) is 4.67. The van der Waals surface area contributed by atoms with Gasteiger partial charge in [0.05, 0.1) is 5.69 Å². The maximum atomic E-state index is 12.5. The molecular weight excluding hydrogens is 312 g/mol. The monoisotopic (exact) mass is 336 g/mol. The first kappa shape index (κ1) is 16.2. The molecular formula is C16H24N4O2S. The van der Waals surface area contributed by atoms with Crippen molar-refractivity contribution in [3.8, 4) is 0 Å². The van der Waals surface area contributed by atoms with Crippen molar-refractivity contribution in [3.05, 3.63) is 11.1 Å². The number of nitrogens with zero attached hydrogens (tertiary/aromatic N) is 3. The minimum atomic E-state index is -0.121. The molecule has 3 rings (SSSR count). The number of carbonyl (C=O) groups excluding carboxylic acids is 2. The SMILES string of the molecule is Cc1csc(NC(=O)N2CCN(C(=O)C3CCCCC3)CC2)n1. The Balaban J connectivity index is 1.47. The molecule has 2 heterocycles. The molecule has 6 nitrogen and oxygen atoms in total. The number of thiazole rings is 1. The fourth-order valence-corrected chi connectivity index (χ4v) is 4.00. The highest BCUT2D eigenvalue weighted by Crippen LogP contribution is 2.26. The molecule has 1 aliphatic carbocycles. The maximum Gasteiger partial charge on any atom is 0.323 e. The zero-order chi connectivity index (χ0) is 16.2. The van der Waals surface area contributed by atoms with E-state index in [-0.39, 0.29) is 11.9 Å². The lowest BCUT2D eigenvalue weighted by Crippen LogP contribution is -2.53. The van der Waals surface area contributed by atoms with Crippen LogP contribution in [0.4, 0.5) is 9.93 Å². The van der Waals surface area contributed by atoms with E-state index in [4.69, 9.17) is 0 Å². The molecule has 2 fully saturated rings. The van der Waals surface area contributed by atoms with Gasteiger partial charge in [-0.1, -0.05) is 19.3 Å². The van der Waals surface area contributed by atoms with Crippen LogP contribution in [0.25, 0.3) is 0 Å². The molecule has 0 bridgehead atoms. The van der Waals surface area contributed by atoms with Crippen molar-refractivity contribution in [1.82, 2.24) is 14.8 Å². The third kappa shape index (κ3) is 4.02. The summed E-state index contributed by atoms with van der Waals surface area (Å²) in [5, 5.41) is 5.38. The molecule has 1 N–H and O–H groups in total. The molecule has 1 aromatic rings. The van der Waals surface area contributed by atoms with Gasteiger partial charge in [-0.05, 0) is 19.8 Å². The first-order chi connectivity index (χ1) is 11.1. The van der Waals surface area contributed by atoms with Crippen molar-refractivity contribution in [1.29, 1.82) is 0 Å². The third-order valence-corrected chi connectivity index (χ3v) is 5.54. The summed E-state index contributed by atoms with van der Waals surface area (Å²) in [5.41, 5.74) is 0.910. The molecule has 0 unspecified atom stereocenters. The Morgan fingerprint density at radius 2 is 1.78 bits per heavy atom. The van der Waals surface area contributed by atoms with E-state index in [9.17, 15) is 9.59 Å². The van der Waals surface area contributed by atoms with Crippen LogP contribution in [-0.4, -0.2) is 52.9 Å². The summed E-state index contributed by atoms with van der Waals surface area (Å²) >= 11 is 1.43. The number of hydrogen-bond donors (Lipinski definition) is 1. The highest BCUT2D eigenvalue weighted by atomic mass is 32.1. The second-order valence-electron chi connectivity index (χ2n) is 6.37. The van der Waals surface area contributed by atoms with Gasteiger partial charge in [0.15, 0.2) is 5.13 Å². The fraction of sp³-hybridized carbons (Fsp3) is 0.688. The number of amides is 3. The van der Waals surface area contributed by atoms with Crippen LogP contribution in [0.1, 0.15) is 37.8 Å². The van der Waals surface area contributed by atoms with Crippen LogP contribution in [0, 0.1) is 12.8 Å². The van der Waals surface area contributed by atoms with Crippen molar-refractivity contribution < 1.29 is 9.59 Å². The summed E-state index contributed by atoms with van der Waals surface area (Å²) in [4.78, 5) is 32.7. The van der Waals surface area contributed by atoms with Crippen molar-refractivity contribution >= 4 is 28.4 Å². The Kier molecular flexibility index (Phi) is 5.15. The first-order valence-electron chi connectivity index (χ1n) is 8.40. The van der Waals surface area contributed by atoms with Crippen molar-refractivity contribution in [2.24, 2.45) is 5.92 Å². The van der Waals surface area contributed by atoms with Crippen molar-refractivity contribution in [2.45, 2.75) is 39.0 Å². The highest BCUT2D eigenvalue weighted by Gasteiger charge is 2.29. The van der Waals surface area contributed by atoms with E-state index in [1.807, 2.05) is 17.2 Å². The second kappa shape index (κ2) is 7.29. The Hall–Kier alpha value is -1.63. The number of aromatic nitrogens is 1. The van der Waals surface area contributed by atoms with Crippen LogP contribution >= 0.6 is 11.3 Å². The number of carbonyl (C=O) groups is 2. The van der Waals surface area contributed by atoms with E-state index in [1.54, 1.807) is 4.90 Å². The van der Waals surface area contributed by atoms with Crippen molar-refractivity contribution in [2.75, 3.05) is 31.5 Å². The standard InChI is InChI=1S/C16H24N4O2S/c1-12-11-23-15(17-12)18-16(22)20-9-7-19(8-10-20)14(21)13-5-3-2-4-6-13/h11,13H,2-10H2,1H3,(H,17,18,22). The van der Waals surface area contributed by atoms with Crippen molar-refractivity contribution in [3.63, 3.8) is 0 Å². The largest absolute Gasteiger partial charge is 0.339 e. The predicted molar refractivity (Wildman–Crippen MR) is 90.6 cm³/mol. The van der Waals surface area contributed by atoms with Gasteiger partial charge in [0.25, 0.3) is 0 Å². The number of hydrogen-bond acceptors (Lipinski definition) is 4.